The van der Waals surface area contributed by atoms with Crippen LogP contribution < -0.4 is 14.8 Å². The van der Waals surface area contributed by atoms with Gasteiger partial charge >= 0.3 is 24.2 Å². The molecule has 1 aromatic rings. The van der Waals surface area contributed by atoms with Crippen molar-refractivity contribution < 1.29 is 47.6 Å². The van der Waals surface area contributed by atoms with E-state index >= 15 is 0 Å². The molecule has 0 aromatic heterocycles. The molecule has 11 heteroatoms. The highest BCUT2D eigenvalue weighted by molar-refractivity contribution is 5.76. The van der Waals surface area contributed by atoms with E-state index in [4.69, 9.17) is 28.4 Å². The van der Waals surface area contributed by atoms with Crippen LogP contribution in [0.25, 0.3) is 0 Å². The van der Waals surface area contributed by atoms with Gasteiger partial charge in [0.2, 0.25) is 0 Å². The largest absolute Gasteiger partial charge is 0.513 e. The first kappa shape index (κ1) is 31.7. The first-order valence-corrected chi connectivity index (χ1v) is 12.5. The molecule has 37 heavy (non-hydrogen) atoms. The number of unbranched alkanes of at least 4 members (excludes halogenated alkanes) is 2. The molecule has 1 atom stereocenters. The van der Waals surface area contributed by atoms with Crippen molar-refractivity contribution in [3.8, 4) is 11.5 Å². The van der Waals surface area contributed by atoms with Gasteiger partial charge in [0.25, 0.3) is 0 Å². The summed E-state index contributed by atoms with van der Waals surface area (Å²) < 4.78 is 30.6. The Morgan fingerprint density at radius 2 is 1.41 bits per heavy atom. The third-order valence-electron chi connectivity index (χ3n) is 4.96. The normalized spacial score (nSPS) is 11.4. The van der Waals surface area contributed by atoms with Crippen LogP contribution in [0.15, 0.2) is 18.2 Å². The lowest BCUT2D eigenvalue weighted by Crippen LogP contribution is -2.41. The van der Waals surface area contributed by atoms with Crippen molar-refractivity contribution in [2.24, 2.45) is 5.92 Å². The van der Waals surface area contributed by atoms with E-state index in [1.807, 2.05) is 13.8 Å². The Morgan fingerprint density at radius 1 is 0.811 bits per heavy atom. The number of hydrogen-bond acceptors (Lipinski definition) is 11. The number of hydrogen-bond donors (Lipinski definition) is 1. The molecular formula is C26H39NO10. The zero-order chi connectivity index (χ0) is 27.6. The number of esters is 2. The van der Waals surface area contributed by atoms with Gasteiger partial charge in [-0.05, 0) is 37.0 Å². The van der Waals surface area contributed by atoms with Crippen LogP contribution >= 0.6 is 0 Å². The summed E-state index contributed by atoms with van der Waals surface area (Å²) in [4.78, 5) is 48.1. The smallest absolute Gasteiger partial charge is 0.468 e. The van der Waals surface area contributed by atoms with Gasteiger partial charge in [0.15, 0.2) is 11.5 Å². The predicted octanol–water partition coefficient (Wildman–Crippen LogP) is 4.19. The van der Waals surface area contributed by atoms with Crippen LogP contribution in [-0.4, -0.2) is 63.8 Å². The second kappa shape index (κ2) is 18.0. The molecule has 0 unspecified atom stereocenters. The lowest BCUT2D eigenvalue weighted by Gasteiger charge is -2.18. The molecule has 0 spiro atoms. The Labute approximate surface area is 218 Å². The fourth-order valence-corrected chi connectivity index (χ4v) is 2.85. The van der Waals surface area contributed by atoms with Crippen molar-refractivity contribution in [1.82, 2.24) is 5.32 Å². The molecule has 0 heterocycles. The van der Waals surface area contributed by atoms with Crippen LogP contribution in [0.4, 0.5) is 9.59 Å². The molecule has 0 fully saturated rings. The monoisotopic (exact) mass is 525 g/mol. The molecular weight excluding hydrogens is 486 g/mol. The number of carbonyl (C=O) groups excluding carboxylic acids is 4. The van der Waals surface area contributed by atoms with E-state index in [9.17, 15) is 19.2 Å². The molecule has 1 aromatic carbocycles. The molecule has 0 saturated heterocycles. The summed E-state index contributed by atoms with van der Waals surface area (Å²) in [6.45, 7) is 8.04. The topological polar surface area (TPSA) is 136 Å². The van der Waals surface area contributed by atoms with Gasteiger partial charge in [-0.15, -0.1) is 0 Å². The standard InChI is InChI=1S/C26H39NO10/c1-6-8-13-34-25(30)36-21-11-10-19(17-22(21)37-26(31)35-14-9-7-2)16-20(24(29)32-5)27-12-15-33-23(28)18(3)4/h10-11,17-18,20,27H,6-9,12-16H2,1-5H3/t20-/m0/s1. The van der Waals surface area contributed by atoms with Crippen LogP contribution in [-0.2, 0) is 35.0 Å². The summed E-state index contributed by atoms with van der Waals surface area (Å²) >= 11 is 0. The summed E-state index contributed by atoms with van der Waals surface area (Å²) in [6, 6.07) is 3.73. The van der Waals surface area contributed by atoms with Crippen LogP contribution in [0.1, 0.15) is 58.9 Å². The van der Waals surface area contributed by atoms with Gasteiger partial charge in [0.1, 0.15) is 12.6 Å². The van der Waals surface area contributed by atoms with Crippen molar-refractivity contribution in [2.75, 3.05) is 33.5 Å². The fraction of sp³-hybridized carbons (Fsp3) is 0.615. The van der Waals surface area contributed by atoms with Gasteiger partial charge in [0.05, 0.1) is 26.2 Å². The molecule has 1 rings (SSSR count). The van der Waals surface area contributed by atoms with Gasteiger partial charge in [-0.2, -0.15) is 0 Å². The lowest BCUT2D eigenvalue weighted by atomic mass is 10.1. The SMILES string of the molecule is CCCCOC(=O)Oc1ccc(C[C@H](NCCOC(=O)C(C)C)C(=O)OC)cc1OC(=O)OCCCC. The predicted molar refractivity (Wildman–Crippen MR) is 134 cm³/mol. The van der Waals surface area contributed by atoms with Crippen LogP contribution in [0.5, 0.6) is 11.5 Å². The van der Waals surface area contributed by atoms with E-state index < -0.39 is 24.3 Å². The molecule has 0 aliphatic carbocycles. The van der Waals surface area contributed by atoms with Gasteiger partial charge in [0, 0.05) is 6.54 Å². The minimum atomic E-state index is -0.954. The molecule has 0 radical (unpaired) electrons. The third kappa shape index (κ3) is 13.0. The summed E-state index contributed by atoms with van der Waals surface area (Å²) in [5.74, 6) is -1.24. The average molecular weight is 526 g/mol. The number of methoxy groups -OCH3 is 1. The minimum Gasteiger partial charge on any atom is -0.468 e. The van der Waals surface area contributed by atoms with Crippen molar-refractivity contribution in [2.45, 2.75) is 65.8 Å². The van der Waals surface area contributed by atoms with Crippen LogP contribution in [0, 0.1) is 5.92 Å². The number of nitrogens with one attached hydrogen (secondary N) is 1. The Balaban J connectivity index is 2.98. The molecule has 0 aliphatic rings. The van der Waals surface area contributed by atoms with Gasteiger partial charge < -0.3 is 33.7 Å². The van der Waals surface area contributed by atoms with E-state index in [0.717, 1.165) is 12.8 Å². The summed E-state index contributed by atoms with van der Waals surface area (Å²) in [6.07, 6.45) is 1.28. The van der Waals surface area contributed by atoms with E-state index in [-0.39, 0.29) is 56.2 Å². The van der Waals surface area contributed by atoms with Crippen LogP contribution in [0.3, 0.4) is 0 Å². The zero-order valence-corrected chi connectivity index (χ0v) is 22.3. The van der Waals surface area contributed by atoms with Crippen molar-refractivity contribution in [3.63, 3.8) is 0 Å². The Bertz CT molecular complexity index is 871. The van der Waals surface area contributed by atoms with Crippen molar-refractivity contribution >= 4 is 24.2 Å². The number of carbonyl (C=O) groups is 4. The minimum absolute atomic E-state index is 0.0409. The fourth-order valence-electron chi connectivity index (χ4n) is 2.85. The zero-order valence-electron chi connectivity index (χ0n) is 22.3. The lowest BCUT2D eigenvalue weighted by molar-refractivity contribution is -0.147. The third-order valence-corrected chi connectivity index (χ3v) is 4.96. The first-order valence-electron chi connectivity index (χ1n) is 12.5. The van der Waals surface area contributed by atoms with E-state index in [0.29, 0.717) is 18.4 Å². The van der Waals surface area contributed by atoms with Gasteiger partial charge in [-0.25, -0.2) is 9.59 Å². The second-order valence-corrected chi connectivity index (χ2v) is 8.45. The maximum absolute atomic E-state index is 12.3. The molecule has 0 bridgehead atoms. The summed E-state index contributed by atoms with van der Waals surface area (Å²) in [5.41, 5.74) is 0.574. The number of ether oxygens (including phenoxy) is 6. The highest BCUT2D eigenvalue weighted by Gasteiger charge is 2.22. The Morgan fingerprint density at radius 3 is 1.95 bits per heavy atom. The highest BCUT2D eigenvalue weighted by Crippen LogP contribution is 2.30. The quantitative estimate of drug-likeness (QED) is 0.144. The second-order valence-electron chi connectivity index (χ2n) is 8.45. The molecule has 0 aliphatic heterocycles. The average Bonchev–Trinajstić information content (AvgIpc) is 2.86. The summed E-state index contributed by atoms with van der Waals surface area (Å²) in [7, 11) is 1.26. The first-order chi connectivity index (χ1) is 17.7. The Hall–Kier alpha value is -3.34. The highest BCUT2D eigenvalue weighted by atomic mass is 16.7. The molecule has 0 saturated carbocycles. The van der Waals surface area contributed by atoms with E-state index in [1.54, 1.807) is 19.9 Å². The van der Waals surface area contributed by atoms with Crippen molar-refractivity contribution in [1.29, 1.82) is 0 Å². The van der Waals surface area contributed by atoms with E-state index in [1.165, 1.54) is 19.2 Å². The maximum Gasteiger partial charge on any atom is 0.513 e. The van der Waals surface area contributed by atoms with Crippen molar-refractivity contribution in [3.05, 3.63) is 23.8 Å². The summed E-state index contributed by atoms with van der Waals surface area (Å²) in [5, 5.41) is 2.99. The number of benzene rings is 1. The number of rotatable bonds is 16. The molecule has 208 valence electrons. The van der Waals surface area contributed by atoms with Gasteiger partial charge in [-0.1, -0.05) is 46.6 Å². The van der Waals surface area contributed by atoms with Crippen LogP contribution in [0.2, 0.25) is 0 Å². The van der Waals surface area contributed by atoms with E-state index in [2.05, 4.69) is 5.32 Å². The Kier molecular flexibility index (Phi) is 15.4. The maximum atomic E-state index is 12.3. The van der Waals surface area contributed by atoms with Gasteiger partial charge in [-0.3, -0.25) is 9.59 Å². The molecule has 0 amide bonds. The molecule has 11 nitrogen and oxygen atoms in total. The molecule has 1 N–H and O–H groups in total.